The summed E-state index contributed by atoms with van der Waals surface area (Å²) in [5, 5.41) is 0. The van der Waals surface area contributed by atoms with Crippen LogP contribution in [0.3, 0.4) is 0 Å². The molecule has 0 atom stereocenters. The Bertz CT molecular complexity index is 592. The molecular formula is C13H11KN2. The first-order valence-corrected chi connectivity index (χ1v) is 4.93. The quantitative estimate of drug-likeness (QED) is 0.548. The summed E-state index contributed by atoms with van der Waals surface area (Å²) in [7, 11) is 0. The molecule has 0 radical (unpaired) electrons. The van der Waals surface area contributed by atoms with Crippen molar-refractivity contribution in [2.75, 3.05) is 0 Å². The van der Waals surface area contributed by atoms with Crippen LogP contribution in [0.2, 0.25) is 0 Å². The third-order valence-corrected chi connectivity index (χ3v) is 2.49. The molecule has 1 aromatic heterocycles. The summed E-state index contributed by atoms with van der Waals surface area (Å²) in [6, 6.07) is 18.4. The summed E-state index contributed by atoms with van der Waals surface area (Å²) in [6.45, 7) is 0. The number of nitrogens with zero attached hydrogens (tertiary/aromatic N) is 2. The molecular weight excluding hydrogens is 223 g/mol. The zero-order valence-electron chi connectivity index (χ0n) is 10.2. The minimum absolute atomic E-state index is 0. The summed E-state index contributed by atoms with van der Waals surface area (Å²) < 4.78 is 2.09. The SMILES string of the molecule is [H-].[K+].c1ccc(-n2cnc3ccccc32)cc1. The van der Waals surface area contributed by atoms with Crippen molar-refractivity contribution in [3.05, 3.63) is 60.9 Å². The molecule has 3 rings (SSSR count). The minimum atomic E-state index is 0. The van der Waals surface area contributed by atoms with Gasteiger partial charge in [-0.3, -0.25) is 4.57 Å². The van der Waals surface area contributed by atoms with Crippen molar-refractivity contribution in [1.29, 1.82) is 0 Å². The predicted molar refractivity (Wildman–Crippen MR) is 62.2 cm³/mol. The maximum atomic E-state index is 4.36. The van der Waals surface area contributed by atoms with E-state index in [0.29, 0.717) is 0 Å². The topological polar surface area (TPSA) is 17.8 Å². The molecule has 16 heavy (non-hydrogen) atoms. The van der Waals surface area contributed by atoms with Gasteiger partial charge in [0.25, 0.3) is 0 Å². The molecule has 0 bridgehead atoms. The summed E-state index contributed by atoms with van der Waals surface area (Å²) in [5.41, 5.74) is 3.32. The second-order valence-corrected chi connectivity index (χ2v) is 3.44. The van der Waals surface area contributed by atoms with Crippen LogP contribution in [0.1, 0.15) is 1.43 Å². The van der Waals surface area contributed by atoms with Gasteiger partial charge in [0.15, 0.2) is 0 Å². The number of benzene rings is 2. The van der Waals surface area contributed by atoms with Crippen LogP contribution in [-0.2, 0) is 0 Å². The monoisotopic (exact) mass is 234 g/mol. The van der Waals surface area contributed by atoms with Crippen molar-refractivity contribution in [2.45, 2.75) is 0 Å². The average molecular weight is 234 g/mol. The summed E-state index contributed by atoms with van der Waals surface area (Å²) in [5.74, 6) is 0. The van der Waals surface area contributed by atoms with Gasteiger partial charge in [-0.25, -0.2) is 4.98 Å². The first-order valence-electron chi connectivity index (χ1n) is 4.93. The van der Waals surface area contributed by atoms with Crippen LogP contribution >= 0.6 is 0 Å². The van der Waals surface area contributed by atoms with Crippen LogP contribution in [0, 0.1) is 0 Å². The van der Waals surface area contributed by atoms with Gasteiger partial charge in [-0.1, -0.05) is 30.3 Å². The van der Waals surface area contributed by atoms with E-state index >= 15 is 0 Å². The molecule has 0 N–H and O–H groups in total. The normalized spacial score (nSPS) is 10.0. The number of rotatable bonds is 1. The number of aromatic nitrogens is 2. The fourth-order valence-corrected chi connectivity index (χ4v) is 1.75. The molecule has 2 aromatic carbocycles. The molecule has 0 spiro atoms. The summed E-state index contributed by atoms with van der Waals surface area (Å²) in [4.78, 5) is 4.36. The van der Waals surface area contributed by atoms with Crippen LogP contribution < -0.4 is 51.4 Å². The second kappa shape index (κ2) is 5.25. The van der Waals surface area contributed by atoms with Crippen molar-refractivity contribution in [1.82, 2.24) is 9.55 Å². The largest absolute Gasteiger partial charge is 1.00 e. The number of hydrogen-bond donors (Lipinski definition) is 0. The Morgan fingerprint density at radius 2 is 1.56 bits per heavy atom. The molecule has 0 aliphatic carbocycles. The van der Waals surface area contributed by atoms with E-state index in [9.17, 15) is 0 Å². The molecule has 3 heteroatoms. The van der Waals surface area contributed by atoms with E-state index in [1.807, 2.05) is 42.7 Å². The second-order valence-electron chi connectivity index (χ2n) is 3.44. The first-order chi connectivity index (χ1) is 7.45. The summed E-state index contributed by atoms with van der Waals surface area (Å²) >= 11 is 0. The van der Waals surface area contributed by atoms with E-state index in [1.54, 1.807) is 0 Å². The molecule has 3 aromatic rings. The molecule has 0 amide bonds. The zero-order chi connectivity index (χ0) is 10.1. The molecule has 0 aliphatic heterocycles. The Labute approximate surface area is 138 Å². The van der Waals surface area contributed by atoms with Crippen LogP contribution in [0.15, 0.2) is 60.9 Å². The van der Waals surface area contributed by atoms with Crippen molar-refractivity contribution in [3.63, 3.8) is 0 Å². The molecule has 74 valence electrons. The van der Waals surface area contributed by atoms with E-state index in [2.05, 4.69) is 27.8 Å². The van der Waals surface area contributed by atoms with Gasteiger partial charge in [0, 0.05) is 5.69 Å². The molecule has 0 saturated heterocycles. The van der Waals surface area contributed by atoms with Gasteiger partial charge < -0.3 is 1.43 Å². The molecule has 0 unspecified atom stereocenters. The molecule has 1 heterocycles. The molecule has 0 aliphatic rings. The van der Waals surface area contributed by atoms with E-state index in [-0.39, 0.29) is 52.8 Å². The van der Waals surface area contributed by atoms with Crippen molar-refractivity contribution in [2.24, 2.45) is 0 Å². The smallest absolute Gasteiger partial charge is 1.00 e. The van der Waals surface area contributed by atoms with Crippen LogP contribution in [0.25, 0.3) is 16.7 Å². The van der Waals surface area contributed by atoms with E-state index in [1.165, 1.54) is 0 Å². The van der Waals surface area contributed by atoms with Crippen LogP contribution in [-0.4, -0.2) is 9.55 Å². The minimum Gasteiger partial charge on any atom is -1.00 e. The standard InChI is InChI=1S/C13H10N2.K.H/c1-2-6-11(7-3-1)15-10-14-12-8-4-5-9-13(12)15;;/h1-10H;;/q;+1;-1. The van der Waals surface area contributed by atoms with Crippen molar-refractivity contribution >= 4 is 11.0 Å². The van der Waals surface area contributed by atoms with E-state index in [4.69, 9.17) is 0 Å². The zero-order valence-corrected chi connectivity index (χ0v) is 12.3. The van der Waals surface area contributed by atoms with Gasteiger partial charge in [0.1, 0.15) is 6.33 Å². The van der Waals surface area contributed by atoms with Gasteiger partial charge in [-0.05, 0) is 24.3 Å². The van der Waals surface area contributed by atoms with Gasteiger partial charge in [0.05, 0.1) is 11.0 Å². The van der Waals surface area contributed by atoms with Gasteiger partial charge >= 0.3 is 51.4 Å². The Balaban J connectivity index is 0.000000722. The Kier molecular flexibility index (Phi) is 3.94. The average Bonchev–Trinajstić information content (AvgIpc) is 2.74. The van der Waals surface area contributed by atoms with Gasteiger partial charge in [-0.15, -0.1) is 0 Å². The van der Waals surface area contributed by atoms with E-state index < -0.39 is 0 Å². The number of hydrogen-bond acceptors (Lipinski definition) is 1. The van der Waals surface area contributed by atoms with Crippen molar-refractivity contribution in [3.8, 4) is 5.69 Å². The fraction of sp³-hybridized carbons (Fsp3) is 0. The maximum Gasteiger partial charge on any atom is 1.00 e. The third-order valence-electron chi connectivity index (χ3n) is 2.49. The predicted octanol–water partition coefficient (Wildman–Crippen LogP) is 0.142. The van der Waals surface area contributed by atoms with Crippen LogP contribution in [0.4, 0.5) is 0 Å². The Hall–Kier alpha value is -0.454. The fourth-order valence-electron chi connectivity index (χ4n) is 1.75. The Morgan fingerprint density at radius 3 is 2.38 bits per heavy atom. The summed E-state index contributed by atoms with van der Waals surface area (Å²) in [6.07, 6.45) is 1.86. The first kappa shape index (κ1) is 12.0. The Morgan fingerprint density at radius 1 is 0.875 bits per heavy atom. The third kappa shape index (κ3) is 2.14. The van der Waals surface area contributed by atoms with Gasteiger partial charge in [-0.2, -0.15) is 0 Å². The number of para-hydroxylation sites is 3. The van der Waals surface area contributed by atoms with E-state index in [0.717, 1.165) is 16.7 Å². The number of imidazole rings is 1. The van der Waals surface area contributed by atoms with Gasteiger partial charge in [0.2, 0.25) is 0 Å². The molecule has 0 saturated carbocycles. The maximum absolute atomic E-state index is 4.36. The molecule has 0 fully saturated rings. The molecule has 2 nitrogen and oxygen atoms in total. The number of fused-ring (bicyclic) bond motifs is 1. The van der Waals surface area contributed by atoms with Crippen LogP contribution in [0.5, 0.6) is 0 Å². The van der Waals surface area contributed by atoms with Crippen molar-refractivity contribution < 1.29 is 52.8 Å².